The minimum atomic E-state index is 0.568. The highest BCUT2D eigenvalue weighted by Crippen LogP contribution is 2.14. The largest absolute Gasteiger partial charge is 0.467 e. The Morgan fingerprint density at radius 2 is 1.95 bits per heavy atom. The maximum atomic E-state index is 5.28. The zero-order chi connectivity index (χ0) is 15.2. The lowest BCUT2D eigenvalue weighted by atomic mass is 10.2. The van der Waals surface area contributed by atoms with Crippen molar-refractivity contribution >= 4 is 11.8 Å². The molecule has 0 saturated carbocycles. The van der Waals surface area contributed by atoms with E-state index in [4.69, 9.17) is 4.42 Å². The van der Waals surface area contributed by atoms with Crippen LogP contribution in [-0.2, 0) is 13.1 Å². The molecule has 5 heteroatoms. The first-order chi connectivity index (χ1) is 10.8. The molecule has 3 rings (SSSR count). The van der Waals surface area contributed by atoms with Crippen LogP contribution in [0.4, 0.5) is 11.8 Å². The fourth-order valence-corrected chi connectivity index (χ4v) is 2.16. The SMILES string of the molecule is CN(Cc1ccccc1)c1ccnc(NCc2ccco2)n1. The Bertz CT molecular complexity index is 698. The molecule has 0 radical (unpaired) electrons. The molecule has 0 atom stereocenters. The number of furan rings is 1. The predicted molar refractivity (Wildman–Crippen MR) is 86.6 cm³/mol. The van der Waals surface area contributed by atoms with Crippen molar-refractivity contribution in [3.05, 3.63) is 72.3 Å². The van der Waals surface area contributed by atoms with Gasteiger partial charge in [0, 0.05) is 19.8 Å². The fraction of sp³-hybridized carbons (Fsp3) is 0.176. The molecule has 22 heavy (non-hydrogen) atoms. The summed E-state index contributed by atoms with van der Waals surface area (Å²) in [6, 6.07) is 16.0. The van der Waals surface area contributed by atoms with Crippen LogP contribution in [0.15, 0.2) is 65.4 Å². The molecule has 2 aromatic heterocycles. The molecule has 0 bridgehead atoms. The first-order valence-electron chi connectivity index (χ1n) is 7.15. The number of benzene rings is 1. The van der Waals surface area contributed by atoms with Gasteiger partial charge in [-0.25, -0.2) is 4.98 Å². The number of nitrogens with zero attached hydrogens (tertiary/aromatic N) is 3. The maximum Gasteiger partial charge on any atom is 0.224 e. The van der Waals surface area contributed by atoms with Crippen LogP contribution in [0, 0.1) is 0 Å². The van der Waals surface area contributed by atoms with Gasteiger partial charge in [-0.3, -0.25) is 0 Å². The molecule has 0 aliphatic rings. The van der Waals surface area contributed by atoms with Gasteiger partial charge in [-0.05, 0) is 23.8 Å². The van der Waals surface area contributed by atoms with Crippen molar-refractivity contribution in [2.75, 3.05) is 17.3 Å². The lowest BCUT2D eigenvalue weighted by molar-refractivity contribution is 0.517. The normalized spacial score (nSPS) is 10.4. The van der Waals surface area contributed by atoms with Crippen molar-refractivity contribution in [1.29, 1.82) is 0 Å². The van der Waals surface area contributed by atoms with Crippen LogP contribution in [0.25, 0.3) is 0 Å². The second-order valence-electron chi connectivity index (χ2n) is 5.01. The Morgan fingerprint density at radius 1 is 1.09 bits per heavy atom. The standard InChI is InChI=1S/C17H18N4O/c1-21(13-14-6-3-2-4-7-14)16-9-10-18-17(20-16)19-12-15-8-5-11-22-15/h2-11H,12-13H2,1H3,(H,18,19,20). The van der Waals surface area contributed by atoms with Crippen molar-refractivity contribution < 1.29 is 4.42 Å². The average Bonchev–Trinajstić information content (AvgIpc) is 3.08. The summed E-state index contributed by atoms with van der Waals surface area (Å²) in [5.41, 5.74) is 1.24. The zero-order valence-electron chi connectivity index (χ0n) is 12.4. The van der Waals surface area contributed by atoms with Crippen LogP contribution in [0.1, 0.15) is 11.3 Å². The first-order valence-corrected chi connectivity index (χ1v) is 7.15. The molecule has 0 fully saturated rings. The fourth-order valence-electron chi connectivity index (χ4n) is 2.16. The molecular formula is C17H18N4O. The van der Waals surface area contributed by atoms with Gasteiger partial charge < -0.3 is 14.6 Å². The van der Waals surface area contributed by atoms with Crippen molar-refractivity contribution in [2.45, 2.75) is 13.1 Å². The molecule has 1 N–H and O–H groups in total. The molecule has 2 heterocycles. The van der Waals surface area contributed by atoms with E-state index >= 15 is 0 Å². The van der Waals surface area contributed by atoms with E-state index in [2.05, 4.69) is 32.3 Å². The molecule has 0 amide bonds. The molecule has 5 nitrogen and oxygen atoms in total. The molecule has 112 valence electrons. The summed E-state index contributed by atoms with van der Waals surface area (Å²) in [5, 5.41) is 3.16. The van der Waals surface area contributed by atoms with Crippen LogP contribution in [-0.4, -0.2) is 17.0 Å². The number of aromatic nitrogens is 2. The van der Waals surface area contributed by atoms with Gasteiger partial charge in [-0.15, -0.1) is 0 Å². The predicted octanol–water partition coefficient (Wildman–Crippen LogP) is 3.32. The smallest absolute Gasteiger partial charge is 0.224 e. The number of anilines is 2. The summed E-state index contributed by atoms with van der Waals surface area (Å²) < 4.78 is 5.28. The van der Waals surface area contributed by atoms with E-state index in [1.807, 2.05) is 43.4 Å². The average molecular weight is 294 g/mol. The van der Waals surface area contributed by atoms with Crippen molar-refractivity contribution in [2.24, 2.45) is 0 Å². The molecule has 0 unspecified atom stereocenters. The van der Waals surface area contributed by atoms with Gasteiger partial charge in [0.05, 0.1) is 12.8 Å². The number of nitrogens with one attached hydrogen (secondary N) is 1. The summed E-state index contributed by atoms with van der Waals surface area (Å²) >= 11 is 0. The molecule has 0 saturated heterocycles. The van der Waals surface area contributed by atoms with E-state index in [1.165, 1.54) is 5.56 Å². The Labute approximate surface area is 129 Å². The van der Waals surface area contributed by atoms with E-state index in [-0.39, 0.29) is 0 Å². The van der Waals surface area contributed by atoms with Gasteiger partial charge in [0.15, 0.2) is 0 Å². The molecule has 0 spiro atoms. The van der Waals surface area contributed by atoms with E-state index in [1.54, 1.807) is 12.5 Å². The summed E-state index contributed by atoms with van der Waals surface area (Å²) in [5.74, 6) is 2.32. The monoisotopic (exact) mass is 294 g/mol. The van der Waals surface area contributed by atoms with E-state index in [0.29, 0.717) is 12.5 Å². The minimum absolute atomic E-state index is 0.568. The number of hydrogen-bond acceptors (Lipinski definition) is 5. The van der Waals surface area contributed by atoms with Crippen molar-refractivity contribution in [1.82, 2.24) is 9.97 Å². The van der Waals surface area contributed by atoms with Gasteiger partial charge in [0.25, 0.3) is 0 Å². The third kappa shape index (κ3) is 3.63. The van der Waals surface area contributed by atoms with Gasteiger partial charge in [0.2, 0.25) is 5.95 Å². The Morgan fingerprint density at radius 3 is 2.73 bits per heavy atom. The zero-order valence-corrected chi connectivity index (χ0v) is 12.4. The van der Waals surface area contributed by atoms with Crippen LogP contribution in [0.2, 0.25) is 0 Å². The summed E-state index contributed by atoms with van der Waals surface area (Å²) in [6.45, 7) is 1.37. The Hall–Kier alpha value is -2.82. The van der Waals surface area contributed by atoms with Gasteiger partial charge >= 0.3 is 0 Å². The lowest BCUT2D eigenvalue weighted by Gasteiger charge is -2.18. The second kappa shape index (κ2) is 6.76. The lowest BCUT2D eigenvalue weighted by Crippen LogP contribution is -2.18. The van der Waals surface area contributed by atoms with Crippen LogP contribution in [0.3, 0.4) is 0 Å². The highest BCUT2D eigenvalue weighted by Gasteiger charge is 2.06. The highest BCUT2D eigenvalue weighted by atomic mass is 16.3. The number of hydrogen-bond donors (Lipinski definition) is 1. The first kappa shape index (κ1) is 14.1. The van der Waals surface area contributed by atoms with Gasteiger partial charge in [-0.1, -0.05) is 30.3 Å². The molecular weight excluding hydrogens is 276 g/mol. The molecule has 3 aromatic rings. The highest BCUT2D eigenvalue weighted by molar-refractivity contribution is 5.42. The Kier molecular flexibility index (Phi) is 4.34. The third-order valence-electron chi connectivity index (χ3n) is 3.30. The Balaban J connectivity index is 1.65. The van der Waals surface area contributed by atoms with Crippen LogP contribution in [0.5, 0.6) is 0 Å². The van der Waals surface area contributed by atoms with Gasteiger partial charge in [0.1, 0.15) is 11.6 Å². The summed E-state index contributed by atoms with van der Waals surface area (Å²) in [6.07, 6.45) is 3.41. The van der Waals surface area contributed by atoms with E-state index in [9.17, 15) is 0 Å². The van der Waals surface area contributed by atoms with E-state index < -0.39 is 0 Å². The van der Waals surface area contributed by atoms with Crippen molar-refractivity contribution in [3.8, 4) is 0 Å². The number of rotatable bonds is 6. The minimum Gasteiger partial charge on any atom is -0.467 e. The van der Waals surface area contributed by atoms with Crippen LogP contribution < -0.4 is 10.2 Å². The molecule has 0 aliphatic heterocycles. The summed E-state index contributed by atoms with van der Waals surface area (Å²) in [4.78, 5) is 10.9. The second-order valence-corrected chi connectivity index (χ2v) is 5.01. The molecule has 0 aliphatic carbocycles. The topological polar surface area (TPSA) is 54.2 Å². The van der Waals surface area contributed by atoms with Gasteiger partial charge in [-0.2, -0.15) is 4.98 Å². The molecule has 1 aromatic carbocycles. The van der Waals surface area contributed by atoms with Crippen molar-refractivity contribution in [3.63, 3.8) is 0 Å². The summed E-state index contributed by atoms with van der Waals surface area (Å²) in [7, 11) is 2.02. The third-order valence-corrected chi connectivity index (χ3v) is 3.30. The quantitative estimate of drug-likeness (QED) is 0.756. The maximum absolute atomic E-state index is 5.28. The van der Waals surface area contributed by atoms with Crippen LogP contribution >= 0.6 is 0 Å². The van der Waals surface area contributed by atoms with E-state index in [0.717, 1.165) is 18.1 Å².